The Bertz CT molecular complexity index is 242. The fraction of sp³-hybridized carbons (Fsp3) is 0.571. The van der Waals surface area contributed by atoms with Crippen molar-refractivity contribution in [2.45, 2.75) is 19.4 Å². The van der Waals surface area contributed by atoms with Gasteiger partial charge in [-0.25, -0.2) is 0 Å². The third-order valence-corrected chi connectivity index (χ3v) is 2.44. The molecule has 0 aliphatic heterocycles. The van der Waals surface area contributed by atoms with E-state index >= 15 is 0 Å². The summed E-state index contributed by atoms with van der Waals surface area (Å²) in [5.41, 5.74) is 1.01. The van der Waals surface area contributed by atoms with Crippen molar-refractivity contribution in [2.75, 3.05) is 7.05 Å². The zero-order valence-corrected chi connectivity index (χ0v) is 8.49. The number of nitrogens with zero attached hydrogens (tertiary/aromatic N) is 1. The van der Waals surface area contributed by atoms with E-state index < -0.39 is 0 Å². The number of halogens is 1. The first-order chi connectivity index (χ1) is 5.08. The number of aromatic amines is 1. The molecule has 0 saturated carbocycles. The molecule has 0 radical (unpaired) electrons. The smallest absolute Gasteiger partial charge is 0.0689 e. The quantitative estimate of drug-likeness (QED) is 0.791. The predicted molar refractivity (Wildman–Crippen MR) is 48.4 cm³/mol. The Morgan fingerprint density at radius 2 is 2.27 bits per heavy atom. The first-order valence-corrected chi connectivity index (χ1v) is 4.25. The predicted octanol–water partition coefficient (Wildman–Crippen LogP) is 1.63. The molecule has 62 valence electrons. The molecule has 0 aliphatic rings. The standard InChI is InChI=1S/C7H12BrN3/c1-7(2,9-3)6-5(8)4-10-11-6/h4,9H,1-3H3,(H,10,11). The average molecular weight is 218 g/mol. The Labute approximate surface area is 74.7 Å². The molecular weight excluding hydrogens is 206 g/mol. The molecule has 2 N–H and O–H groups in total. The lowest BCUT2D eigenvalue weighted by atomic mass is 10.0. The van der Waals surface area contributed by atoms with Crippen LogP contribution in [0.15, 0.2) is 10.7 Å². The molecule has 1 aromatic rings. The van der Waals surface area contributed by atoms with Crippen molar-refractivity contribution in [1.82, 2.24) is 15.5 Å². The maximum atomic E-state index is 3.92. The Morgan fingerprint density at radius 3 is 2.64 bits per heavy atom. The van der Waals surface area contributed by atoms with Crippen molar-refractivity contribution in [2.24, 2.45) is 0 Å². The van der Waals surface area contributed by atoms with Gasteiger partial charge in [0.15, 0.2) is 0 Å². The highest BCUT2D eigenvalue weighted by Gasteiger charge is 2.21. The van der Waals surface area contributed by atoms with Crippen LogP contribution in [0.1, 0.15) is 19.5 Å². The van der Waals surface area contributed by atoms with Gasteiger partial charge < -0.3 is 5.32 Å². The zero-order valence-electron chi connectivity index (χ0n) is 6.90. The molecule has 1 heterocycles. The molecule has 11 heavy (non-hydrogen) atoms. The molecule has 4 heteroatoms. The number of nitrogens with one attached hydrogen (secondary N) is 2. The van der Waals surface area contributed by atoms with Crippen molar-refractivity contribution in [3.05, 3.63) is 16.4 Å². The van der Waals surface area contributed by atoms with Gasteiger partial charge in [-0.05, 0) is 36.8 Å². The van der Waals surface area contributed by atoms with Crippen molar-refractivity contribution in [1.29, 1.82) is 0 Å². The monoisotopic (exact) mass is 217 g/mol. The number of hydrogen-bond acceptors (Lipinski definition) is 2. The van der Waals surface area contributed by atoms with E-state index in [1.807, 2.05) is 7.05 Å². The average Bonchev–Trinajstić information content (AvgIpc) is 2.36. The van der Waals surface area contributed by atoms with Gasteiger partial charge in [-0.2, -0.15) is 5.10 Å². The third-order valence-electron chi connectivity index (χ3n) is 1.84. The number of rotatable bonds is 2. The highest BCUT2D eigenvalue weighted by molar-refractivity contribution is 9.10. The minimum atomic E-state index is -0.0602. The summed E-state index contributed by atoms with van der Waals surface area (Å²) in [6.07, 6.45) is 1.76. The fourth-order valence-corrected chi connectivity index (χ4v) is 1.52. The lowest BCUT2D eigenvalue weighted by molar-refractivity contribution is 0.429. The van der Waals surface area contributed by atoms with Crippen LogP contribution in [0.3, 0.4) is 0 Å². The summed E-state index contributed by atoms with van der Waals surface area (Å²) in [6, 6.07) is 0. The molecule has 0 aromatic carbocycles. The van der Waals surface area contributed by atoms with Crippen molar-refractivity contribution in [3.8, 4) is 0 Å². The van der Waals surface area contributed by atoms with Crippen LogP contribution in [-0.4, -0.2) is 17.2 Å². The van der Waals surface area contributed by atoms with E-state index in [0.717, 1.165) is 10.2 Å². The van der Waals surface area contributed by atoms with Gasteiger partial charge in [-0.15, -0.1) is 0 Å². The summed E-state index contributed by atoms with van der Waals surface area (Å²) in [5.74, 6) is 0. The van der Waals surface area contributed by atoms with Crippen LogP contribution < -0.4 is 5.32 Å². The van der Waals surface area contributed by atoms with E-state index in [1.165, 1.54) is 0 Å². The number of hydrogen-bond donors (Lipinski definition) is 2. The van der Waals surface area contributed by atoms with Crippen LogP contribution in [0.4, 0.5) is 0 Å². The minimum absolute atomic E-state index is 0.0602. The minimum Gasteiger partial charge on any atom is -0.310 e. The lowest BCUT2D eigenvalue weighted by Crippen LogP contribution is -2.33. The van der Waals surface area contributed by atoms with Gasteiger partial charge in [0.05, 0.1) is 21.9 Å². The molecule has 0 unspecified atom stereocenters. The Morgan fingerprint density at radius 1 is 1.64 bits per heavy atom. The van der Waals surface area contributed by atoms with E-state index in [0.29, 0.717) is 0 Å². The molecule has 0 saturated heterocycles. The van der Waals surface area contributed by atoms with Crippen LogP contribution in [-0.2, 0) is 5.54 Å². The van der Waals surface area contributed by atoms with E-state index in [9.17, 15) is 0 Å². The second-order valence-corrected chi connectivity index (χ2v) is 3.82. The normalized spacial score (nSPS) is 12.0. The highest BCUT2D eigenvalue weighted by atomic mass is 79.9. The molecule has 3 nitrogen and oxygen atoms in total. The second-order valence-electron chi connectivity index (χ2n) is 2.97. The van der Waals surface area contributed by atoms with Crippen LogP contribution in [0.2, 0.25) is 0 Å². The summed E-state index contributed by atoms with van der Waals surface area (Å²) >= 11 is 3.41. The second kappa shape index (κ2) is 2.95. The maximum Gasteiger partial charge on any atom is 0.0689 e. The molecule has 0 atom stereocenters. The van der Waals surface area contributed by atoms with Gasteiger partial charge in [0.2, 0.25) is 0 Å². The lowest BCUT2D eigenvalue weighted by Gasteiger charge is -2.22. The zero-order chi connectivity index (χ0) is 8.48. The molecular formula is C7H12BrN3. The SMILES string of the molecule is CNC(C)(C)c1[nH]ncc1Br. The molecule has 0 amide bonds. The number of H-pyrrole nitrogens is 1. The van der Waals surface area contributed by atoms with Crippen LogP contribution in [0.25, 0.3) is 0 Å². The molecule has 1 aromatic heterocycles. The van der Waals surface area contributed by atoms with Gasteiger partial charge in [0, 0.05) is 0 Å². The Balaban J connectivity index is 3.00. The van der Waals surface area contributed by atoms with Gasteiger partial charge in [0.25, 0.3) is 0 Å². The first kappa shape index (κ1) is 8.74. The molecule has 0 spiro atoms. The van der Waals surface area contributed by atoms with Gasteiger partial charge in [-0.1, -0.05) is 0 Å². The van der Waals surface area contributed by atoms with E-state index in [1.54, 1.807) is 6.20 Å². The molecule has 0 aliphatic carbocycles. The third kappa shape index (κ3) is 1.62. The maximum absolute atomic E-state index is 3.92. The van der Waals surface area contributed by atoms with Crippen LogP contribution in [0, 0.1) is 0 Å². The largest absolute Gasteiger partial charge is 0.310 e. The number of aromatic nitrogens is 2. The summed E-state index contributed by atoms with van der Waals surface area (Å²) in [6.45, 7) is 4.18. The van der Waals surface area contributed by atoms with Gasteiger partial charge in [-0.3, -0.25) is 5.10 Å². The van der Waals surface area contributed by atoms with Crippen molar-refractivity contribution < 1.29 is 0 Å². The van der Waals surface area contributed by atoms with Crippen LogP contribution >= 0.6 is 15.9 Å². The first-order valence-electron chi connectivity index (χ1n) is 3.46. The Hall–Kier alpha value is -0.350. The molecule has 0 fully saturated rings. The van der Waals surface area contributed by atoms with Crippen LogP contribution in [0.5, 0.6) is 0 Å². The highest BCUT2D eigenvalue weighted by Crippen LogP contribution is 2.24. The summed E-state index contributed by atoms with van der Waals surface area (Å²) in [7, 11) is 1.92. The van der Waals surface area contributed by atoms with Gasteiger partial charge >= 0.3 is 0 Å². The van der Waals surface area contributed by atoms with Crippen molar-refractivity contribution >= 4 is 15.9 Å². The van der Waals surface area contributed by atoms with E-state index in [4.69, 9.17) is 0 Å². The van der Waals surface area contributed by atoms with Crippen molar-refractivity contribution in [3.63, 3.8) is 0 Å². The van der Waals surface area contributed by atoms with E-state index in [-0.39, 0.29) is 5.54 Å². The summed E-state index contributed by atoms with van der Waals surface area (Å²) < 4.78 is 1.01. The van der Waals surface area contributed by atoms with Gasteiger partial charge in [0.1, 0.15) is 0 Å². The molecule has 0 bridgehead atoms. The fourth-order valence-electron chi connectivity index (χ4n) is 0.835. The molecule has 1 rings (SSSR count). The van der Waals surface area contributed by atoms with E-state index in [2.05, 4.69) is 45.3 Å². The summed E-state index contributed by atoms with van der Waals surface area (Å²) in [4.78, 5) is 0. The summed E-state index contributed by atoms with van der Waals surface area (Å²) in [5, 5.41) is 10.0. The topological polar surface area (TPSA) is 40.7 Å². The Kier molecular flexibility index (Phi) is 2.34.